The highest BCUT2D eigenvalue weighted by Gasteiger charge is 2.12. The highest BCUT2D eigenvalue weighted by atomic mass is 35.5. The number of nitrogens with two attached hydrogens (primary N) is 1. The van der Waals surface area contributed by atoms with E-state index in [0.717, 1.165) is 6.42 Å². The summed E-state index contributed by atoms with van der Waals surface area (Å²) in [6, 6.07) is 2.34. The molecule has 12 heavy (non-hydrogen) atoms. The van der Waals surface area contributed by atoms with Gasteiger partial charge in [0.05, 0.1) is 0 Å². The van der Waals surface area contributed by atoms with Crippen LogP contribution in [0.4, 0.5) is 0 Å². The Morgan fingerprint density at radius 1 is 1.58 bits per heavy atom. The van der Waals surface area contributed by atoms with Crippen molar-refractivity contribution in [1.29, 1.82) is 0 Å². The van der Waals surface area contributed by atoms with Crippen molar-refractivity contribution in [3.63, 3.8) is 0 Å². The van der Waals surface area contributed by atoms with Gasteiger partial charge in [0.15, 0.2) is 0 Å². The Labute approximate surface area is 84.4 Å². The van der Waals surface area contributed by atoms with Crippen molar-refractivity contribution in [2.75, 3.05) is 0 Å². The number of hydrogen-bond donors (Lipinski definition) is 1. The molecule has 0 amide bonds. The summed E-state index contributed by atoms with van der Waals surface area (Å²) in [6.45, 7) is 4.37. The Morgan fingerprint density at radius 3 is 2.67 bits per heavy atom. The van der Waals surface area contributed by atoms with Gasteiger partial charge in [-0.1, -0.05) is 20.3 Å². The van der Waals surface area contributed by atoms with Crippen LogP contribution in [0.2, 0.25) is 0 Å². The Balaban J connectivity index is 0.00000121. The molecule has 0 fully saturated rings. The van der Waals surface area contributed by atoms with Crippen molar-refractivity contribution < 1.29 is 0 Å². The zero-order valence-corrected chi connectivity index (χ0v) is 9.12. The van der Waals surface area contributed by atoms with Crippen LogP contribution in [0.1, 0.15) is 31.9 Å². The van der Waals surface area contributed by atoms with Gasteiger partial charge in [-0.15, -0.1) is 12.4 Å². The average molecular weight is 206 g/mol. The lowest BCUT2D eigenvalue weighted by atomic mass is 9.95. The van der Waals surface area contributed by atoms with Crippen LogP contribution < -0.4 is 5.73 Å². The Hall–Kier alpha value is -0.0500. The lowest BCUT2D eigenvalue weighted by Crippen LogP contribution is -2.17. The third kappa shape index (κ3) is 2.77. The zero-order valence-electron chi connectivity index (χ0n) is 7.49. The van der Waals surface area contributed by atoms with E-state index in [4.69, 9.17) is 5.73 Å². The van der Waals surface area contributed by atoms with Crippen molar-refractivity contribution in [2.45, 2.75) is 26.3 Å². The number of rotatable bonds is 3. The summed E-state index contributed by atoms with van der Waals surface area (Å²) >= 11 is 1.72. The number of hydrogen-bond acceptors (Lipinski definition) is 2. The first kappa shape index (κ1) is 11.9. The van der Waals surface area contributed by atoms with Crippen LogP contribution in [0.25, 0.3) is 0 Å². The van der Waals surface area contributed by atoms with E-state index in [9.17, 15) is 0 Å². The molecule has 0 radical (unpaired) electrons. The third-order valence-electron chi connectivity index (χ3n) is 2.19. The Kier molecular flexibility index (Phi) is 5.55. The largest absolute Gasteiger partial charge is 0.324 e. The summed E-state index contributed by atoms with van der Waals surface area (Å²) in [5.74, 6) is 0.588. The molecule has 0 aliphatic heterocycles. The second kappa shape index (κ2) is 5.57. The van der Waals surface area contributed by atoms with Crippen LogP contribution in [-0.2, 0) is 0 Å². The highest BCUT2D eigenvalue weighted by Crippen LogP contribution is 2.23. The number of halogens is 1. The first-order chi connectivity index (χ1) is 5.25. The molecule has 1 rings (SSSR count). The van der Waals surface area contributed by atoms with Gasteiger partial charge in [-0.25, -0.2) is 0 Å². The third-order valence-corrected chi connectivity index (χ3v) is 2.89. The van der Waals surface area contributed by atoms with Gasteiger partial charge in [-0.05, 0) is 28.3 Å². The van der Waals surface area contributed by atoms with Gasteiger partial charge < -0.3 is 5.73 Å². The van der Waals surface area contributed by atoms with Crippen LogP contribution >= 0.6 is 23.7 Å². The molecule has 2 N–H and O–H groups in total. The zero-order chi connectivity index (χ0) is 8.27. The molecule has 1 aromatic heterocycles. The minimum atomic E-state index is 0. The second-order valence-corrected chi connectivity index (χ2v) is 3.75. The summed E-state index contributed by atoms with van der Waals surface area (Å²) in [5.41, 5.74) is 7.28. The van der Waals surface area contributed by atoms with E-state index in [1.807, 2.05) is 0 Å². The van der Waals surface area contributed by atoms with Crippen LogP contribution in [0.15, 0.2) is 16.8 Å². The minimum Gasteiger partial charge on any atom is -0.324 e. The maximum Gasteiger partial charge on any atom is 0.0329 e. The van der Waals surface area contributed by atoms with Crippen molar-refractivity contribution in [3.8, 4) is 0 Å². The molecule has 1 nitrogen and oxygen atoms in total. The lowest BCUT2D eigenvalue weighted by Gasteiger charge is -2.16. The maximum absolute atomic E-state index is 6.00. The average Bonchev–Trinajstić information content (AvgIpc) is 2.53. The van der Waals surface area contributed by atoms with Crippen molar-refractivity contribution in [1.82, 2.24) is 0 Å². The molecule has 70 valence electrons. The maximum atomic E-state index is 6.00. The fourth-order valence-corrected chi connectivity index (χ4v) is 1.75. The molecule has 0 saturated carbocycles. The Bertz CT molecular complexity index is 198. The standard InChI is InChI=1S/C9H15NS.ClH/c1-3-7(2)9(10)8-4-5-11-6-8;/h4-7,9H,3,10H2,1-2H3;1H/t7?,9-;/m0./s1. The molecular weight excluding hydrogens is 190 g/mol. The van der Waals surface area contributed by atoms with E-state index in [0.29, 0.717) is 5.92 Å². The predicted molar refractivity (Wildman–Crippen MR) is 58.0 cm³/mol. The van der Waals surface area contributed by atoms with Crippen molar-refractivity contribution in [2.24, 2.45) is 11.7 Å². The molecule has 0 aliphatic carbocycles. The van der Waals surface area contributed by atoms with Gasteiger partial charge in [0, 0.05) is 6.04 Å². The highest BCUT2D eigenvalue weighted by molar-refractivity contribution is 7.07. The van der Waals surface area contributed by atoms with Gasteiger partial charge >= 0.3 is 0 Å². The lowest BCUT2D eigenvalue weighted by molar-refractivity contribution is 0.458. The molecule has 2 atom stereocenters. The topological polar surface area (TPSA) is 26.0 Å². The summed E-state index contributed by atoms with van der Waals surface area (Å²) in [7, 11) is 0. The molecule has 0 aliphatic rings. The molecule has 3 heteroatoms. The van der Waals surface area contributed by atoms with E-state index in [1.165, 1.54) is 5.56 Å². The molecule has 0 spiro atoms. The molecule has 0 saturated heterocycles. The van der Waals surface area contributed by atoms with Gasteiger partial charge in [0.2, 0.25) is 0 Å². The van der Waals surface area contributed by atoms with Gasteiger partial charge in [0.25, 0.3) is 0 Å². The van der Waals surface area contributed by atoms with Crippen LogP contribution in [0, 0.1) is 5.92 Å². The molecule has 0 bridgehead atoms. The molecule has 1 heterocycles. The smallest absolute Gasteiger partial charge is 0.0329 e. The molecule has 0 aromatic carbocycles. The van der Waals surface area contributed by atoms with E-state index < -0.39 is 0 Å². The van der Waals surface area contributed by atoms with E-state index in [2.05, 4.69) is 30.7 Å². The summed E-state index contributed by atoms with van der Waals surface area (Å²) in [6.07, 6.45) is 1.15. The van der Waals surface area contributed by atoms with E-state index >= 15 is 0 Å². The predicted octanol–water partition coefficient (Wildman–Crippen LogP) is 3.22. The monoisotopic (exact) mass is 205 g/mol. The van der Waals surface area contributed by atoms with Crippen LogP contribution in [0.3, 0.4) is 0 Å². The minimum absolute atomic E-state index is 0. The SMILES string of the molecule is CCC(C)[C@H](N)c1ccsc1.Cl. The summed E-state index contributed by atoms with van der Waals surface area (Å²) in [5, 5.41) is 4.22. The molecule has 1 unspecified atom stereocenters. The fourth-order valence-electron chi connectivity index (χ4n) is 1.05. The first-order valence-electron chi connectivity index (χ1n) is 4.03. The van der Waals surface area contributed by atoms with Gasteiger partial charge in [0.1, 0.15) is 0 Å². The first-order valence-corrected chi connectivity index (χ1v) is 4.97. The van der Waals surface area contributed by atoms with Crippen molar-refractivity contribution in [3.05, 3.63) is 22.4 Å². The normalized spacial score (nSPS) is 14.9. The van der Waals surface area contributed by atoms with E-state index in [-0.39, 0.29) is 18.4 Å². The summed E-state index contributed by atoms with van der Waals surface area (Å²) in [4.78, 5) is 0. The van der Waals surface area contributed by atoms with Crippen LogP contribution in [-0.4, -0.2) is 0 Å². The Morgan fingerprint density at radius 2 is 2.25 bits per heavy atom. The van der Waals surface area contributed by atoms with E-state index in [1.54, 1.807) is 11.3 Å². The van der Waals surface area contributed by atoms with Gasteiger partial charge in [-0.2, -0.15) is 11.3 Å². The summed E-state index contributed by atoms with van der Waals surface area (Å²) < 4.78 is 0. The quantitative estimate of drug-likeness (QED) is 0.806. The van der Waals surface area contributed by atoms with Crippen LogP contribution in [0.5, 0.6) is 0 Å². The molecule has 1 aromatic rings. The second-order valence-electron chi connectivity index (χ2n) is 2.97. The molecular formula is C9H16ClNS. The van der Waals surface area contributed by atoms with Crippen molar-refractivity contribution >= 4 is 23.7 Å². The fraction of sp³-hybridized carbons (Fsp3) is 0.556. The van der Waals surface area contributed by atoms with Gasteiger partial charge in [-0.3, -0.25) is 0 Å². The number of thiophene rings is 1.